The van der Waals surface area contributed by atoms with Gasteiger partial charge in [-0.3, -0.25) is 0 Å². The number of benzene rings is 1. The molecule has 0 aliphatic rings. The molecule has 0 aliphatic heterocycles. The van der Waals surface area contributed by atoms with E-state index in [0.717, 1.165) is 28.6 Å². The SMILES string of the molecule is CCOC(=O)C(C)(C)Oc1c(C)cc(CCBr)cc1C. The average Bonchev–Trinajstić information content (AvgIpc) is 2.34. The van der Waals surface area contributed by atoms with Crippen molar-refractivity contribution < 1.29 is 14.3 Å². The van der Waals surface area contributed by atoms with Crippen molar-refractivity contribution in [2.45, 2.75) is 46.6 Å². The summed E-state index contributed by atoms with van der Waals surface area (Å²) < 4.78 is 11.0. The molecule has 0 fully saturated rings. The van der Waals surface area contributed by atoms with Crippen LogP contribution in [-0.2, 0) is 16.0 Å². The van der Waals surface area contributed by atoms with Gasteiger partial charge in [0, 0.05) is 5.33 Å². The van der Waals surface area contributed by atoms with Crippen molar-refractivity contribution in [1.82, 2.24) is 0 Å². The van der Waals surface area contributed by atoms with Crippen LogP contribution in [0.1, 0.15) is 37.5 Å². The molecule has 3 nitrogen and oxygen atoms in total. The maximum atomic E-state index is 11.9. The van der Waals surface area contributed by atoms with Crippen molar-refractivity contribution in [3.63, 3.8) is 0 Å². The third-order valence-corrected chi connectivity index (χ3v) is 3.42. The highest BCUT2D eigenvalue weighted by molar-refractivity contribution is 9.09. The molecule has 1 rings (SSSR count). The average molecular weight is 343 g/mol. The van der Waals surface area contributed by atoms with Gasteiger partial charge in [0.1, 0.15) is 5.75 Å². The van der Waals surface area contributed by atoms with E-state index in [9.17, 15) is 4.79 Å². The summed E-state index contributed by atoms with van der Waals surface area (Å²) in [5.41, 5.74) is 2.36. The molecule has 0 unspecified atom stereocenters. The number of rotatable bonds is 6. The Balaban J connectivity index is 3.00. The molecule has 112 valence electrons. The van der Waals surface area contributed by atoms with E-state index in [1.807, 2.05) is 13.8 Å². The van der Waals surface area contributed by atoms with Crippen molar-refractivity contribution >= 4 is 21.9 Å². The van der Waals surface area contributed by atoms with Gasteiger partial charge in [0.2, 0.25) is 0 Å². The minimum atomic E-state index is -0.984. The van der Waals surface area contributed by atoms with Crippen LogP contribution in [0.3, 0.4) is 0 Å². The molecule has 0 N–H and O–H groups in total. The minimum Gasteiger partial charge on any atom is -0.476 e. The van der Waals surface area contributed by atoms with Gasteiger partial charge in [-0.2, -0.15) is 0 Å². The number of hydrogen-bond acceptors (Lipinski definition) is 3. The second-order valence-corrected chi connectivity index (χ2v) is 6.12. The quantitative estimate of drug-likeness (QED) is 0.579. The molecule has 4 heteroatoms. The maximum absolute atomic E-state index is 11.9. The van der Waals surface area contributed by atoms with Gasteiger partial charge in [0.25, 0.3) is 0 Å². The summed E-state index contributed by atoms with van der Waals surface area (Å²) in [5, 5.41) is 0.931. The first kappa shape index (κ1) is 17.0. The largest absolute Gasteiger partial charge is 0.476 e. The van der Waals surface area contributed by atoms with Crippen LogP contribution >= 0.6 is 15.9 Å². The molecule has 20 heavy (non-hydrogen) atoms. The van der Waals surface area contributed by atoms with Crippen LogP contribution in [0.5, 0.6) is 5.75 Å². The summed E-state index contributed by atoms with van der Waals surface area (Å²) in [5.74, 6) is 0.421. The second-order valence-electron chi connectivity index (χ2n) is 5.33. The highest BCUT2D eigenvalue weighted by Gasteiger charge is 2.32. The number of hydrogen-bond donors (Lipinski definition) is 0. The predicted octanol–water partition coefficient (Wildman–Crippen LogP) is 3.96. The first-order chi connectivity index (χ1) is 9.31. The lowest BCUT2D eigenvalue weighted by molar-refractivity contribution is -0.158. The fraction of sp³-hybridized carbons (Fsp3) is 0.562. The highest BCUT2D eigenvalue weighted by atomic mass is 79.9. The molecule has 0 bridgehead atoms. The summed E-state index contributed by atoms with van der Waals surface area (Å²) in [6.45, 7) is 9.61. The Bertz CT molecular complexity index is 458. The summed E-state index contributed by atoms with van der Waals surface area (Å²) in [6.07, 6.45) is 0.975. The number of ether oxygens (including phenoxy) is 2. The van der Waals surface area contributed by atoms with E-state index >= 15 is 0 Å². The smallest absolute Gasteiger partial charge is 0.349 e. The predicted molar refractivity (Wildman–Crippen MR) is 84.8 cm³/mol. The molecule has 0 heterocycles. The number of aryl methyl sites for hydroxylation is 3. The lowest BCUT2D eigenvalue weighted by Gasteiger charge is -2.26. The number of carbonyl (C=O) groups is 1. The zero-order chi connectivity index (χ0) is 15.3. The van der Waals surface area contributed by atoms with Gasteiger partial charge >= 0.3 is 5.97 Å². The Labute approximate surface area is 129 Å². The summed E-state index contributed by atoms with van der Waals surface area (Å²) >= 11 is 3.45. The van der Waals surface area contributed by atoms with Gasteiger partial charge in [-0.15, -0.1) is 0 Å². The molecule has 0 aromatic heterocycles. The molecule has 1 aromatic carbocycles. The monoisotopic (exact) mass is 342 g/mol. The Hall–Kier alpha value is -1.03. The molecule has 0 aliphatic carbocycles. The molecule has 0 radical (unpaired) electrons. The highest BCUT2D eigenvalue weighted by Crippen LogP contribution is 2.29. The molecule has 0 saturated heterocycles. The lowest BCUT2D eigenvalue weighted by atomic mass is 10.0. The Morgan fingerprint density at radius 3 is 2.25 bits per heavy atom. The maximum Gasteiger partial charge on any atom is 0.349 e. The summed E-state index contributed by atoms with van der Waals surface area (Å²) in [6, 6.07) is 4.20. The van der Waals surface area contributed by atoms with Crippen LogP contribution in [-0.4, -0.2) is 23.5 Å². The Morgan fingerprint density at radius 2 is 1.80 bits per heavy atom. The number of carbonyl (C=O) groups excluding carboxylic acids is 1. The van der Waals surface area contributed by atoms with Crippen molar-refractivity contribution in [3.05, 3.63) is 28.8 Å². The van der Waals surface area contributed by atoms with E-state index in [4.69, 9.17) is 9.47 Å². The van der Waals surface area contributed by atoms with Crippen LogP contribution in [0.15, 0.2) is 12.1 Å². The van der Waals surface area contributed by atoms with Crippen molar-refractivity contribution in [2.24, 2.45) is 0 Å². The van der Waals surface area contributed by atoms with E-state index in [0.29, 0.717) is 6.61 Å². The van der Waals surface area contributed by atoms with Gasteiger partial charge < -0.3 is 9.47 Å². The standard InChI is InChI=1S/C16H23BrO3/c1-6-19-15(18)16(4,5)20-14-11(2)9-13(7-8-17)10-12(14)3/h9-10H,6-8H2,1-5H3. The molecule has 0 saturated carbocycles. The van der Waals surface area contributed by atoms with E-state index in [2.05, 4.69) is 28.1 Å². The zero-order valence-electron chi connectivity index (χ0n) is 12.9. The molecule has 0 amide bonds. The van der Waals surface area contributed by atoms with Crippen LogP contribution < -0.4 is 4.74 Å². The second kappa shape index (κ2) is 7.11. The van der Waals surface area contributed by atoms with Crippen molar-refractivity contribution in [3.8, 4) is 5.75 Å². The molecular weight excluding hydrogens is 320 g/mol. The number of alkyl halides is 1. The third-order valence-electron chi connectivity index (χ3n) is 3.03. The Kier molecular flexibility index (Phi) is 6.06. The normalized spacial score (nSPS) is 11.3. The van der Waals surface area contributed by atoms with Crippen LogP contribution in [0.25, 0.3) is 0 Å². The van der Waals surface area contributed by atoms with E-state index in [1.54, 1.807) is 20.8 Å². The van der Waals surface area contributed by atoms with Crippen LogP contribution in [0.4, 0.5) is 0 Å². The van der Waals surface area contributed by atoms with Crippen LogP contribution in [0.2, 0.25) is 0 Å². The van der Waals surface area contributed by atoms with Gasteiger partial charge in [-0.25, -0.2) is 4.79 Å². The van der Waals surface area contributed by atoms with Crippen molar-refractivity contribution in [2.75, 3.05) is 11.9 Å². The fourth-order valence-electron chi connectivity index (χ4n) is 2.06. The van der Waals surface area contributed by atoms with E-state index in [-0.39, 0.29) is 5.97 Å². The molecular formula is C16H23BrO3. The van der Waals surface area contributed by atoms with E-state index < -0.39 is 5.60 Å². The fourth-order valence-corrected chi connectivity index (χ4v) is 2.51. The van der Waals surface area contributed by atoms with Gasteiger partial charge in [-0.1, -0.05) is 28.1 Å². The van der Waals surface area contributed by atoms with Crippen LogP contribution in [0, 0.1) is 13.8 Å². The molecule has 0 spiro atoms. The topological polar surface area (TPSA) is 35.5 Å². The summed E-state index contributed by atoms with van der Waals surface area (Å²) in [4.78, 5) is 11.9. The minimum absolute atomic E-state index is 0.344. The van der Waals surface area contributed by atoms with Gasteiger partial charge in [0.05, 0.1) is 6.61 Å². The summed E-state index contributed by atoms with van der Waals surface area (Å²) in [7, 11) is 0. The van der Waals surface area contributed by atoms with Gasteiger partial charge in [-0.05, 0) is 57.7 Å². The van der Waals surface area contributed by atoms with E-state index in [1.165, 1.54) is 5.56 Å². The zero-order valence-corrected chi connectivity index (χ0v) is 14.5. The number of esters is 1. The van der Waals surface area contributed by atoms with Crippen molar-refractivity contribution in [1.29, 1.82) is 0 Å². The molecule has 0 atom stereocenters. The first-order valence-corrected chi connectivity index (χ1v) is 7.96. The lowest BCUT2D eigenvalue weighted by Crippen LogP contribution is -2.40. The van der Waals surface area contributed by atoms with Gasteiger partial charge in [0.15, 0.2) is 5.60 Å². The third kappa shape index (κ3) is 4.23. The number of halogens is 1. The Morgan fingerprint density at radius 1 is 1.25 bits per heavy atom. The first-order valence-electron chi connectivity index (χ1n) is 6.84. The molecule has 1 aromatic rings.